The number of halogens is 1. The van der Waals surface area contributed by atoms with Crippen LogP contribution in [-0.2, 0) is 7.05 Å². The van der Waals surface area contributed by atoms with Crippen LogP contribution in [0, 0.1) is 5.82 Å². The third-order valence-corrected chi connectivity index (χ3v) is 5.30. The summed E-state index contributed by atoms with van der Waals surface area (Å²) < 4.78 is 16.2. The molecule has 4 nitrogen and oxygen atoms in total. The van der Waals surface area contributed by atoms with Gasteiger partial charge in [0.1, 0.15) is 11.6 Å². The Balaban J connectivity index is 2.02. The van der Waals surface area contributed by atoms with Crippen molar-refractivity contribution in [1.82, 2.24) is 4.57 Å². The molecule has 0 bridgehead atoms. The van der Waals surface area contributed by atoms with Crippen LogP contribution in [0.1, 0.15) is 9.67 Å². The standard InChI is InChI=1S/C21H15FN2O2S/c1-24-16-10-5-3-8-14(16)19(25)18(13-7-2-4-9-15(13)22)20(24)23-21(26)17-11-6-12-27-17/h2-12H,1H3,(H,23,26). The van der Waals surface area contributed by atoms with Crippen LogP contribution < -0.4 is 10.7 Å². The van der Waals surface area contributed by atoms with E-state index in [1.54, 1.807) is 65.5 Å². The molecule has 0 radical (unpaired) electrons. The zero-order valence-electron chi connectivity index (χ0n) is 14.4. The Morgan fingerprint density at radius 1 is 1.04 bits per heavy atom. The number of amides is 1. The summed E-state index contributed by atoms with van der Waals surface area (Å²) in [6.45, 7) is 0. The van der Waals surface area contributed by atoms with Crippen molar-refractivity contribution in [3.63, 3.8) is 0 Å². The molecule has 1 N–H and O–H groups in total. The molecule has 2 heterocycles. The van der Waals surface area contributed by atoms with Crippen molar-refractivity contribution >= 4 is 34.0 Å². The first kappa shape index (κ1) is 17.2. The lowest BCUT2D eigenvalue weighted by molar-refractivity contribution is 0.103. The summed E-state index contributed by atoms with van der Waals surface area (Å²) in [5.41, 5.74) is 0.629. The van der Waals surface area contributed by atoms with Crippen molar-refractivity contribution in [3.8, 4) is 11.1 Å². The number of carbonyl (C=O) groups excluding carboxylic acids is 1. The van der Waals surface area contributed by atoms with Crippen LogP contribution in [-0.4, -0.2) is 10.5 Å². The van der Waals surface area contributed by atoms with Crippen LogP contribution >= 0.6 is 11.3 Å². The van der Waals surface area contributed by atoms with Gasteiger partial charge in [-0.1, -0.05) is 36.4 Å². The molecule has 4 rings (SSSR count). The third kappa shape index (κ3) is 2.94. The molecule has 0 spiro atoms. The van der Waals surface area contributed by atoms with Crippen LogP contribution in [0.15, 0.2) is 70.8 Å². The number of pyridine rings is 1. The molecule has 0 saturated carbocycles. The minimum Gasteiger partial charge on any atom is -0.330 e. The molecule has 6 heteroatoms. The van der Waals surface area contributed by atoms with Crippen molar-refractivity contribution in [2.45, 2.75) is 0 Å². The molecule has 0 unspecified atom stereocenters. The van der Waals surface area contributed by atoms with E-state index in [1.807, 2.05) is 6.07 Å². The largest absolute Gasteiger partial charge is 0.330 e. The summed E-state index contributed by atoms with van der Waals surface area (Å²) in [5.74, 6) is -0.591. The van der Waals surface area contributed by atoms with Gasteiger partial charge in [0.15, 0.2) is 5.43 Å². The Hall–Kier alpha value is -3.25. The first-order valence-corrected chi connectivity index (χ1v) is 9.17. The number of para-hydroxylation sites is 1. The Labute approximate surface area is 158 Å². The van der Waals surface area contributed by atoms with Gasteiger partial charge >= 0.3 is 0 Å². The third-order valence-electron chi connectivity index (χ3n) is 4.43. The lowest BCUT2D eigenvalue weighted by Gasteiger charge is -2.18. The predicted molar refractivity (Wildman–Crippen MR) is 107 cm³/mol. The number of rotatable bonds is 3. The maximum atomic E-state index is 14.5. The number of anilines is 1. The first-order chi connectivity index (χ1) is 13.1. The lowest BCUT2D eigenvalue weighted by atomic mass is 10.0. The minimum absolute atomic E-state index is 0.138. The van der Waals surface area contributed by atoms with Crippen LogP contribution in [0.2, 0.25) is 0 Å². The summed E-state index contributed by atoms with van der Waals surface area (Å²) >= 11 is 1.30. The van der Waals surface area contributed by atoms with Gasteiger partial charge in [0.2, 0.25) is 0 Å². The number of benzene rings is 2. The maximum Gasteiger partial charge on any atom is 0.266 e. The van der Waals surface area contributed by atoms with Gasteiger partial charge in [-0.15, -0.1) is 11.3 Å². The molecular formula is C21H15FN2O2S. The summed E-state index contributed by atoms with van der Waals surface area (Å²) in [4.78, 5) is 26.3. The van der Waals surface area contributed by atoms with E-state index in [2.05, 4.69) is 5.32 Å². The maximum absolute atomic E-state index is 14.5. The molecule has 134 valence electrons. The average Bonchev–Trinajstić information content (AvgIpc) is 3.22. The van der Waals surface area contributed by atoms with Crippen LogP contribution in [0.5, 0.6) is 0 Å². The number of nitrogens with one attached hydrogen (secondary N) is 1. The molecule has 0 fully saturated rings. The number of thiophene rings is 1. The van der Waals surface area contributed by atoms with E-state index in [9.17, 15) is 14.0 Å². The van der Waals surface area contributed by atoms with Crippen molar-refractivity contribution in [2.75, 3.05) is 5.32 Å². The fraction of sp³-hybridized carbons (Fsp3) is 0.0476. The predicted octanol–water partition coefficient (Wildman–Crippen LogP) is 4.66. The molecule has 2 aromatic heterocycles. The summed E-state index contributed by atoms with van der Waals surface area (Å²) in [5, 5.41) is 5.07. The van der Waals surface area contributed by atoms with E-state index in [4.69, 9.17) is 0 Å². The molecule has 27 heavy (non-hydrogen) atoms. The molecule has 0 saturated heterocycles. The van der Waals surface area contributed by atoms with Crippen molar-refractivity contribution in [2.24, 2.45) is 7.05 Å². The highest BCUT2D eigenvalue weighted by Gasteiger charge is 2.21. The van der Waals surface area contributed by atoms with E-state index in [-0.39, 0.29) is 28.3 Å². The number of carbonyl (C=O) groups is 1. The van der Waals surface area contributed by atoms with Gasteiger partial charge < -0.3 is 9.88 Å². The fourth-order valence-electron chi connectivity index (χ4n) is 3.13. The lowest BCUT2D eigenvalue weighted by Crippen LogP contribution is -2.21. The van der Waals surface area contributed by atoms with Gasteiger partial charge in [0.05, 0.1) is 16.0 Å². The van der Waals surface area contributed by atoms with Gasteiger partial charge in [0.25, 0.3) is 5.91 Å². The minimum atomic E-state index is -0.517. The molecule has 2 aromatic carbocycles. The zero-order chi connectivity index (χ0) is 19.0. The van der Waals surface area contributed by atoms with Crippen LogP contribution in [0.3, 0.4) is 0 Å². The summed E-state index contributed by atoms with van der Waals surface area (Å²) in [6, 6.07) is 16.6. The SMILES string of the molecule is Cn1c(NC(=O)c2cccs2)c(-c2ccccc2F)c(=O)c2ccccc21. The Bertz CT molecular complexity index is 1210. The van der Waals surface area contributed by atoms with Crippen molar-refractivity contribution in [1.29, 1.82) is 0 Å². The highest BCUT2D eigenvalue weighted by Crippen LogP contribution is 2.30. The average molecular weight is 378 g/mol. The monoisotopic (exact) mass is 378 g/mol. The van der Waals surface area contributed by atoms with Gasteiger partial charge in [-0.3, -0.25) is 9.59 Å². The normalized spacial score (nSPS) is 10.9. The van der Waals surface area contributed by atoms with Gasteiger partial charge in [0, 0.05) is 18.0 Å². The number of hydrogen-bond donors (Lipinski definition) is 1. The highest BCUT2D eigenvalue weighted by atomic mass is 32.1. The second kappa shape index (κ2) is 6.81. The van der Waals surface area contributed by atoms with E-state index >= 15 is 0 Å². The molecule has 0 aliphatic heterocycles. The number of fused-ring (bicyclic) bond motifs is 1. The molecule has 0 atom stereocenters. The quantitative estimate of drug-likeness (QED) is 0.564. The van der Waals surface area contributed by atoms with Gasteiger partial charge in [-0.05, 0) is 29.6 Å². The van der Waals surface area contributed by atoms with E-state index < -0.39 is 5.82 Å². The van der Waals surface area contributed by atoms with Crippen molar-refractivity contribution < 1.29 is 9.18 Å². The van der Waals surface area contributed by atoms with Gasteiger partial charge in [-0.25, -0.2) is 4.39 Å². The number of aryl methyl sites for hydroxylation is 1. The number of nitrogens with zero attached hydrogens (tertiary/aromatic N) is 1. The Kier molecular flexibility index (Phi) is 4.33. The molecule has 0 aliphatic carbocycles. The second-order valence-electron chi connectivity index (χ2n) is 6.04. The molecule has 0 aliphatic rings. The zero-order valence-corrected chi connectivity index (χ0v) is 15.2. The van der Waals surface area contributed by atoms with Crippen LogP contribution in [0.25, 0.3) is 22.0 Å². The Morgan fingerprint density at radius 3 is 2.52 bits per heavy atom. The number of hydrogen-bond acceptors (Lipinski definition) is 3. The van der Waals surface area contributed by atoms with Crippen molar-refractivity contribution in [3.05, 3.63) is 87.0 Å². The summed E-state index contributed by atoms with van der Waals surface area (Å²) in [7, 11) is 1.75. The molecule has 1 amide bonds. The smallest absolute Gasteiger partial charge is 0.266 e. The summed E-state index contributed by atoms with van der Waals surface area (Å²) in [6.07, 6.45) is 0. The number of aromatic nitrogens is 1. The van der Waals surface area contributed by atoms with Gasteiger partial charge in [-0.2, -0.15) is 0 Å². The first-order valence-electron chi connectivity index (χ1n) is 8.29. The fourth-order valence-corrected chi connectivity index (χ4v) is 3.74. The highest BCUT2D eigenvalue weighted by molar-refractivity contribution is 7.12. The van der Waals surface area contributed by atoms with E-state index in [0.717, 1.165) is 0 Å². The van der Waals surface area contributed by atoms with E-state index in [0.29, 0.717) is 15.8 Å². The second-order valence-corrected chi connectivity index (χ2v) is 6.99. The molecular weight excluding hydrogens is 363 g/mol. The topological polar surface area (TPSA) is 51.1 Å². The van der Waals surface area contributed by atoms with E-state index in [1.165, 1.54) is 17.4 Å². The van der Waals surface area contributed by atoms with Crippen LogP contribution in [0.4, 0.5) is 10.2 Å². The molecule has 4 aromatic rings. The Morgan fingerprint density at radius 2 is 1.78 bits per heavy atom.